The molecule has 2 rings (SSSR count). The van der Waals surface area contributed by atoms with Gasteiger partial charge in [-0.25, -0.2) is 4.39 Å². The Morgan fingerprint density at radius 1 is 1.35 bits per heavy atom. The van der Waals surface area contributed by atoms with Crippen molar-refractivity contribution < 1.29 is 9.13 Å². The van der Waals surface area contributed by atoms with Crippen LogP contribution < -0.4 is 5.32 Å². The molecule has 4 heteroatoms. The van der Waals surface area contributed by atoms with E-state index in [2.05, 4.69) is 5.32 Å². The summed E-state index contributed by atoms with van der Waals surface area (Å²) in [5.41, 5.74) is 0.666. The summed E-state index contributed by atoms with van der Waals surface area (Å²) in [6.45, 7) is 2.18. The smallest absolute Gasteiger partial charge is 0.129 e. The zero-order valence-corrected chi connectivity index (χ0v) is 10.5. The summed E-state index contributed by atoms with van der Waals surface area (Å²) >= 11 is 5.71. The number of hydrogen-bond acceptors (Lipinski definition) is 2. The molecule has 1 fully saturated rings. The van der Waals surface area contributed by atoms with Gasteiger partial charge in [0.1, 0.15) is 5.82 Å². The molecule has 1 aliphatic rings. The molecule has 1 heterocycles. The second-order valence-corrected chi connectivity index (χ2v) is 4.79. The first-order chi connectivity index (χ1) is 8.25. The SMILES string of the molecule is Fc1cc(Cl)ccc1CNC1CCCOCC1. The highest BCUT2D eigenvalue weighted by Gasteiger charge is 2.12. The van der Waals surface area contributed by atoms with E-state index in [1.165, 1.54) is 6.07 Å². The summed E-state index contributed by atoms with van der Waals surface area (Å²) in [5, 5.41) is 3.81. The Morgan fingerprint density at radius 2 is 2.24 bits per heavy atom. The topological polar surface area (TPSA) is 21.3 Å². The zero-order valence-electron chi connectivity index (χ0n) is 9.72. The summed E-state index contributed by atoms with van der Waals surface area (Å²) in [4.78, 5) is 0. The van der Waals surface area contributed by atoms with Gasteiger partial charge in [-0.15, -0.1) is 0 Å². The molecule has 0 spiro atoms. The van der Waals surface area contributed by atoms with Gasteiger partial charge in [-0.05, 0) is 31.4 Å². The molecule has 1 unspecified atom stereocenters. The normalized spacial score (nSPS) is 21.2. The summed E-state index contributed by atoms with van der Waals surface area (Å²) in [5.74, 6) is -0.241. The molecule has 1 saturated heterocycles. The molecular formula is C13H17ClFNO. The van der Waals surface area contributed by atoms with Crippen molar-refractivity contribution >= 4 is 11.6 Å². The maximum absolute atomic E-state index is 13.5. The Balaban J connectivity index is 1.88. The third-order valence-corrected chi connectivity index (χ3v) is 3.28. The van der Waals surface area contributed by atoms with E-state index in [0.717, 1.165) is 32.5 Å². The number of benzene rings is 1. The van der Waals surface area contributed by atoms with Crippen molar-refractivity contribution in [2.75, 3.05) is 13.2 Å². The standard InChI is InChI=1S/C13H17ClFNO/c14-11-4-3-10(13(15)8-11)9-16-12-2-1-6-17-7-5-12/h3-4,8,12,16H,1-2,5-7,9H2. The van der Waals surface area contributed by atoms with Crippen molar-refractivity contribution in [1.82, 2.24) is 5.32 Å². The van der Waals surface area contributed by atoms with Gasteiger partial charge in [0.15, 0.2) is 0 Å². The van der Waals surface area contributed by atoms with E-state index < -0.39 is 0 Å². The summed E-state index contributed by atoms with van der Waals surface area (Å²) in [6.07, 6.45) is 3.16. The van der Waals surface area contributed by atoms with E-state index >= 15 is 0 Å². The van der Waals surface area contributed by atoms with Crippen LogP contribution in [0.3, 0.4) is 0 Å². The molecule has 94 valence electrons. The van der Waals surface area contributed by atoms with Crippen LogP contribution in [0.25, 0.3) is 0 Å². The quantitative estimate of drug-likeness (QED) is 0.898. The number of ether oxygens (including phenoxy) is 1. The maximum atomic E-state index is 13.5. The van der Waals surface area contributed by atoms with Gasteiger partial charge < -0.3 is 10.1 Å². The highest BCUT2D eigenvalue weighted by molar-refractivity contribution is 6.30. The second kappa shape index (κ2) is 6.34. The summed E-state index contributed by atoms with van der Waals surface area (Å²) in [7, 11) is 0. The molecule has 0 radical (unpaired) electrons. The van der Waals surface area contributed by atoms with Crippen molar-refractivity contribution in [3.05, 3.63) is 34.6 Å². The molecule has 0 bridgehead atoms. The highest BCUT2D eigenvalue weighted by atomic mass is 35.5. The fourth-order valence-corrected chi connectivity index (χ4v) is 2.19. The lowest BCUT2D eigenvalue weighted by molar-refractivity contribution is 0.142. The molecule has 0 aliphatic carbocycles. The molecule has 1 aromatic rings. The molecule has 0 saturated carbocycles. The van der Waals surface area contributed by atoms with Crippen LogP contribution in [0.2, 0.25) is 5.02 Å². The predicted molar refractivity (Wildman–Crippen MR) is 66.7 cm³/mol. The van der Waals surface area contributed by atoms with Crippen LogP contribution in [0.5, 0.6) is 0 Å². The van der Waals surface area contributed by atoms with E-state index in [1.54, 1.807) is 12.1 Å². The van der Waals surface area contributed by atoms with E-state index in [0.29, 0.717) is 23.2 Å². The second-order valence-electron chi connectivity index (χ2n) is 4.36. The third-order valence-electron chi connectivity index (χ3n) is 3.05. The molecule has 1 aromatic carbocycles. The highest BCUT2D eigenvalue weighted by Crippen LogP contribution is 2.15. The Bertz CT molecular complexity index is 364. The van der Waals surface area contributed by atoms with E-state index in [9.17, 15) is 4.39 Å². The maximum Gasteiger partial charge on any atom is 0.129 e. The largest absolute Gasteiger partial charge is 0.381 e. The van der Waals surface area contributed by atoms with Crippen LogP contribution in [0, 0.1) is 5.82 Å². The Hall–Kier alpha value is -0.640. The molecule has 1 atom stereocenters. The molecular weight excluding hydrogens is 241 g/mol. The van der Waals surface area contributed by atoms with Crippen molar-refractivity contribution in [2.45, 2.75) is 31.8 Å². The lowest BCUT2D eigenvalue weighted by Gasteiger charge is -2.15. The summed E-state index contributed by atoms with van der Waals surface area (Å²) in [6, 6.07) is 5.23. The van der Waals surface area contributed by atoms with Crippen molar-refractivity contribution in [3.63, 3.8) is 0 Å². The minimum Gasteiger partial charge on any atom is -0.381 e. The molecule has 0 aromatic heterocycles. The molecule has 0 amide bonds. The van der Waals surface area contributed by atoms with Crippen molar-refractivity contribution in [1.29, 1.82) is 0 Å². The third kappa shape index (κ3) is 3.95. The average Bonchev–Trinajstić information content (AvgIpc) is 2.56. The first-order valence-corrected chi connectivity index (χ1v) is 6.38. The van der Waals surface area contributed by atoms with Crippen LogP contribution in [-0.4, -0.2) is 19.3 Å². The minimum absolute atomic E-state index is 0.241. The van der Waals surface area contributed by atoms with Gasteiger partial charge in [0.25, 0.3) is 0 Å². The van der Waals surface area contributed by atoms with E-state index in [4.69, 9.17) is 16.3 Å². The summed E-state index contributed by atoms with van der Waals surface area (Å²) < 4.78 is 18.9. The lowest BCUT2D eigenvalue weighted by atomic mass is 10.1. The number of hydrogen-bond donors (Lipinski definition) is 1. The van der Waals surface area contributed by atoms with Crippen LogP contribution in [0.15, 0.2) is 18.2 Å². The molecule has 2 nitrogen and oxygen atoms in total. The van der Waals surface area contributed by atoms with Gasteiger partial charge in [0, 0.05) is 36.4 Å². The minimum atomic E-state index is -0.241. The monoisotopic (exact) mass is 257 g/mol. The first kappa shape index (κ1) is 12.8. The van der Waals surface area contributed by atoms with Gasteiger partial charge in [-0.1, -0.05) is 17.7 Å². The molecule has 1 aliphatic heterocycles. The molecule has 17 heavy (non-hydrogen) atoms. The number of rotatable bonds is 3. The Kier molecular flexibility index (Phi) is 4.77. The van der Waals surface area contributed by atoms with Crippen LogP contribution in [0.1, 0.15) is 24.8 Å². The van der Waals surface area contributed by atoms with Crippen molar-refractivity contribution in [3.8, 4) is 0 Å². The lowest BCUT2D eigenvalue weighted by Crippen LogP contribution is -2.29. The van der Waals surface area contributed by atoms with Crippen LogP contribution >= 0.6 is 11.6 Å². The van der Waals surface area contributed by atoms with Gasteiger partial charge in [0.05, 0.1) is 0 Å². The molecule has 1 N–H and O–H groups in total. The number of halogens is 2. The van der Waals surface area contributed by atoms with Crippen molar-refractivity contribution in [2.24, 2.45) is 0 Å². The fraction of sp³-hybridized carbons (Fsp3) is 0.538. The first-order valence-electron chi connectivity index (χ1n) is 6.01. The van der Waals surface area contributed by atoms with Crippen LogP contribution in [-0.2, 0) is 11.3 Å². The fourth-order valence-electron chi connectivity index (χ4n) is 2.03. The van der Waals surface area contributed by atoms with Gasteiger partial charge >= 0.3 is 0 Å². The van der Waals surface area contributed by atoms with E-state index in [-0.39, 0.29) is 5.82 Å². The average molecular weight is 258 g/mol. The predicted octanol–water partition coefficient (Wildman–Crippen LogP) is 3.14. The van der Waals surface area contributed by atoms with E-state index in [1.807, 2.05) is 0 Å². The van der Waals surface area contributed by atoms with Gasteiger partial charge in [-0.2, -0.15) is 0 Å². The Labute approximate surface area is 106 Å². The van der Waals surface area contributed by atoms with Gasteiger partial charge in [-0.3, -0.25) is 0 Å². The van der Waals surface area contributed by atoms with Crippen LogP contribution in [0.4, 0.5) is 4.39 Å². The Morgan fingerprint density at radius 3 is 3.06 bits per heavy atom. The number of nitrogens with one attached hydrogen (secondary N) is 1. The van der Waals surface area contributed by atoms with Gasteiger partial charge in [0.2, 0.25) is 0 Å². The zero-order chi connectivity index (χ0) is 12.1.